The zero-order valence-electron chi connectivity index (χ0n) is 15.0. The normalized spacial score (nSPS) is 15.5. The number of hydrogen-bond acceptors (Lipinski definition) is 3. The number of ether oxygens (including phenoxy) is 1. The average Bonchev–Trinajstić information content (AvgIpc) is 3.20. The highest BCUT2D eigenvalue weighted by molar-refractivity contribution is 9.10. The van der Waals surface area contributed by atoms with Crippen LogP contribution in [0.3, 0.4) is 0 Å². The molecular weight excluding hydrogens is 424 g/mol. The molecule has 3 N–H and O–H groups in total. The standard InChI is InChI=1S/C21H19BrN2O4/c22-13-4-1-3-12(9-13)10-24-15-5-2-6-17(28-11-18(25)26)20(15)19-14(21(23)27)7-8-16(19)24/h1-6,9,14H,7-8,10-11H2,(H2,23,27)(H,25,26). The van der Waals surface area contributed by atoms with Crippen LogP contribution in [0, 0.1) is 0 Å². The molecule has 1 aliphatic carbocycles. The molecular formula is C21H19BrN2O4. The first-order chi connectivity index (χ1) is 13.5. The number of aromatic nitrogens is 1. The predicted molar refractivity (Wildman–Crippen MR) is 109 cm³/mol. The average molecular weight is 443 g/mol. The van der Waals surface area contributed by atoms with Gasteiger partial charge in [-0.15, -0.1) is 0 Å². The third kappa shape index (κ3) is 3.26. The van der Waals surface area contributed by atoms with Gasteiger partial charge in [0, 0.05) is 22.1 Å². The monoisotopic (exact) mass is 442 g/mol. The zero-order valence-corrected chi connectivity index (χ0v) is 16.6. The minimum atomic E-state index is -1.05. The Morgan fingerprint density at radius 1 is 1.25 bits per heavy atom. The zero-order chi connectivity index (χ0) is 19.8. The van der Waals surface area contributed by atoms with Crippen LogP contribution >= 0.6 is 15.9 Å². The Labute approximate surface area is 170 Å². The molecule has 1 aromatic heterocycles. The maximum absolute atomic E-state index is 12.1. The van der Waals surface area contributed by atoms with Crippen LogP contribution in [0.1, 0.15) is 29.2 Å². The number of nitrogens with two attached hydrogens (primary N) is 1. The number of benzene rings is 2. The molecule has 28 heavy (non-hydrogen) atoms. The minimum Gasteiger partial charge on any atom is -0.481 e. The number of rotatable bonds is 6. The van der Waals surface area contributed by atoms with Gasteiger partial charge >= 0.3 is 5.97 Å². The van der Waals surface area contributed by atoms with Gasteiger partial charge in [-0.05, 0) is 48.2 Å². The van der Waals surface area contributed by atoms with Gasteiger partial charge in [0.25, 0.3) is 0 Å². The second-order valence-electron chi connectivity index (χ2n) is 6.90. The molecule has 144 valence electrons. The molecule has 2 aromatic carbocycles. The maximum Gasteiger partial charge on any atom is 0.341 e. The van der Waals surface area contributed by atoms with E-state index in [-0.39, 0.29) is 5.91 Å². The van der Waals surface area contributed by atoms with Crippen molar-refractivity contribution in [3.8, 4) is 5.75 Å². The number of aliphatic carboxylic acids is 1. The van der Waals surface area contributed by atoms with Crippen molar-refractivity contribution in [3.05, 3.63) is 63.8 Å². The Hall–Kier alpha value is -2.80. The summed E-state index contributed by atoms with van der Waals surface area (Å²) in [4.78, 5) is 23.1. The van der Waals surface area contributed by atoms with E-state index in [1.807, 2.05) is 30.3 Å². The van der Waals surface area contributed by atoms with Crippen molar-refractivity contribution in [2.45, 2.75) is 25.3 Å². The molecule has 0 saturated carbocycles. The summed E-state index contributed by atoms with van der Waals surface area (Å²) in [6.45, 7) is 0.199. The van der Waals surface area contributed by atoms with Gasteiger partial charge in [0.2, 0.25) is 5.91 Å². The number of carbonyl (C=O) groups excluding carboxylic acids is 1. The van der Waals surface area contributed by atoms with E-state index in [4.69, 9.17) is 15.6 Å². The number of fused-ring (bicyclic) bond motifs is 3. The number of carboxylic acid groups (broad SMARTS) is 1. The van der Waals surface area contributed by atoms with Crippen LogP contribution in [-0.2, 0) is 22.6 Å². The topological polar surface area (TPSA) is 94.6 Å². The number of primary amides is 1. The van der Waals surface area contributed by atoms with Crippen LogP contribution in [-0.4, -0.2) is 28.2 Å². The second kappa shape index (κ2) is 7.31. The van der Waals surface area contributed by atoms with Crippen LogP contribution in [0.2, 0.25) is 0 Å². The lowest BCUT2D eigenvalue weighted by Crippen LogP contribution is -2.19. The van der Waals surface area contributed by atoms with Crippen LogP contribution in [0.5, 0.6) is 5.75 Å². The molecule has 0 saturated heterocycles. The number of carboxylic acids is 1. The molecule has 4 rings (SSSR count). The van der Waals surface area contributed by atoms with Gasteiger partial charge in [-0.1, -0.05) is 34.1 Å². The second-order valence-corrected chi connectivity index (χ2v) is 7.82. The minimum absolute atomic E-state index is 0.367. The third-order valence-corrected chi connectivity index (χ3v) is 5.64. The molecule has 0 bridgehead atoms. The fourth-order valence-electron chi connectivity index (χ4n) is 4.06. The molecule has 0 fully saturated rings. The van der Waals surface area contributed by atoms with E-state index in [1.165, 1.54) is 0 Å². The molecule has 1 heterocycles. The lowest BCUT2D eigenvalue weighted by atomic mass is 9.99. The summed E-state index contributed by atoms with van der Waals surface area (Å²) in [6.07, 6.45) is 1.39. The van der Waals surface area contributed by atoms with Gasteiger partial charge in [-0.3, -0.25) is 4.79 Å². The SMILES string of the molecule is NC(=O)C1CCc2c1c1c(OCC(=O)O)cccc1n2Cc1cccc(Br)c1. The fourth-order valence-corrected chi connectivity index (χ4v) is 4.51. The van der Waals surface area contributed by atoms with Crippen molar-refractivity contribution >= 4 is 38.7 Å². The number of nitrogens with zero attached hydrogens (tertiary/aromatic N) is 1. The van der Waals surface area contributed by atoms with E-state index < -0.39 is 18.5 Å². The number of halogens is 1. The molecule has 7 heteroatoms. The number of amides is 1. The predicted octanol–water partition coefficient (Wildman–Crippen LogP) is 3.43. The Bertz CT molecular complexity index is 1090. The van der Waals surface area contributed by atoms with Crippen LogP contribution in [0.25, 0.3) is 10.9 Å². The highest BCUT2D eigenvalue weighted by atomic mass is 79.9. The fraction of sp³-hybridized carbons (Fsp3) is 0.238. The summed E-state index contributed by atoms with van der Waals surface area (Å²) < 4.78 is 8.73. The van der Waals surface area contributed by atoms with E-state index in [2.05, 4.69) is 26.6 Å². The first kappa shape index (κ1) is 18.6. The van der Waals surface area contributed by atoms with Gasteiger partial charge in [-0.2, -0.15) is 0 Å². The Kier molecular flexibility index (Phi) is 4.85. The highest BCUT2D eigenvalue weighted by Crippen LogP contribution is 2.44. The Balaban J connectivity index is 1.89. The molecule has 1 atom stereocenters. The summed E-state index contributed by atoms with van der Waals surface area (Å²) in [5.74, 6) is -1.34. The molecule has 1 aliphatic rings. The van der Waals surface area contributed by atoms with E-state index in [0.717, 1.165) is 38.6 Å². The van der Waals surface area contributed by atoms with Crippen LogP contribution < -0.4 is 10.5 Å². The molecule has 0 aliphatic heterocycles. The number of carbonyl (C=O) groups is 2. The largest absolute Gasteiger partial charge is 0.481 e. The third-order valence-electron chi connectivity index (χ3n) is 5.14. The lowest BCUT2D eigenvalue weighted by Gasteiger charge is -2.12. The molecule has 1 unspecified atom stereocenters. The lowest BCUT2D eigenvalue weighted by molar-refractivity contribution is -0.139. The summed E-state index contributed by atoms with van der Waals surface area (Å²) in [6, 6.07) is 13.6. The van der Waals surface area contributed by atoms with E-state index in [0.29, 0.717) is 18.7 Å². The van der Waals surface area contributed by atoms with Gasteiger partial charge in [-0.25, -0.2) is 4.79 Å². The molecule has 1 amide bonds. The van der Waals surface area contributed by atoms with E-state index in [9.17, 15) is 9.59 Å². The first-order valence-corrected chi connectivity index (χ1v) is 9.77. The first-order valence-electron chi connectivity index (χ1n) is 8.98. The van der Waals surface area contributed by atoms with Gasteiger partial charge in [0.1, 0.15) is 5.75 Å². The van der Waals surface area contributed by atoms with Gasteiger partial charge in [0.15, 0.2) is 6.61 Å². The van der Waals surface area contributed by atoms with Crippen molar-refractivity contribution in [1.29, 1.82) is 0 Å². The molecule has 0 radical (unpaired) electrons. The maximum atomic E-state index is 12.1. The summed E-state index contributed by atoms with van der Waals surface area (Å²) in [5, 5.41) is 9.78. The number of hydrogen-bond donors (Lipinski definition) is 2. The molecule has 3 aromatic rings. The Morgan fingerprint density at radius 2 is 2.04 bits per heavy atom. The van der Waals surface area contributed by atoms with Gasteiger partial charge < -0.3 is 20.1 Å². The quantitative estimate of drug-likeness (QED) is 0.611. The van der Waals surface area contributed by atoms with Gasteiger partial charge in [0.05, 0.1) is 11.4 Å². The van der Waals surface area contributed by atoms with Crippen molar-refractivity contribution < 1.29 is 19.4 Å². The van der Waals surface area contributed by atoms with Crippen LogP contribution in [0.15, 0.2) is 46.9 Å². The van der Waals surface area contributed by atoms with Crippen molar-refractivity contribution in [3.63, 3.8) is 0 Å². The van der Waals surface area contributed by atoms with Crippen molar-refractivity contribution in [2.24, 2.45) is 5.73 Å². The highest BCUT2D eigenvalue weighted by Gasteiger charge is 2.34. The van der Waals surface area contributed by atoms with E-state index >= 15 is 0 Å². The van der Waals surface area contributed by atoms with E-state index in [1.54, 1.807) is 6.07 Å². The van der Waals surface area contributed by atoms with Crippen LogP contribution in [0.4, 0.5) is 0 Å². The summed E-state index contributed by atoms with van der Waals surface area (Å²) in [7, 11) is 0. The van der Waals surface area contributed by atoms with Crippen molar-refractivity contribution in [1.82, 2.24) is 4.57 Å². The molecule has 0 spiro atoms. The summed E-state index contributed by atoms with van der Waals surface area (Å²) in [5.41, 5.74) is 9.64. The molecule has 6 nitrogen and oxygen atoms in total. The smallest absolute Gasteiger partial charge is 0.341 e. The van der Waals surface area contributed by atoms with Crippen molar-refractivity contribution in [2.75, 3.05) is 6.61 Å². The Morgan fingerprint density at radius 3 is 2.75 bits per heavy atom. The summed E-state index contributed by atoms with van der Waals surface area (Å²) >= 11 is 3.51.